The van der Waals surface area contributed by atoms with E-state index in [9.17, 15) is 13.2 Å². The molecule has 0 saturated carbocycles. The first-order valence-electron chi connectivity index (χ1n) is 1.34. The first-order valence-corrected chi connectivity index (χ1v) is 1.34. The molecule has 0 fully saturated rings. The minimum absolute atomic E-state index is 1.75. The zero-order chi connectivity index (χ0) is 5.91. The number of rotatable bonds is 2. The van der Waals surface area contributed by atoms with Crippen molar-refractivity contribution in [2.24, 2.45) is 0 Å². The van der Waals surface area contributed by atoms with Gasteiger partial charge in [-0.15, -0.1) is 13.9 Å². The van der Waals surface area contributed by atoms with Crippen LogP contribution in [-0.2, 0) is 9.84 Å². The Hall–Kier alpha value is -0.290. The number of alkyl halides is 3. The molecule has 43 valence electrons. The molecule has 0 atom stereocenters. The van der Waals surface area contributed by atoms with Crippen LogP contribution in [0.2, 0.25) is 0 Å². The number of hydrogen-bond donors (Lipinski definition) is 0. The van der Waals surface area contributed by atoms with E-state index in [0.717, 1.165) is 0 Å². The standard InChI is InChI=1S/C2H2F3O2/c3-1-7-2(4,5)6/h1H2. The van der Waals surface area contributed by atoms with E-state index < -0.39 is 13.2 Å². The van der Waals surface area contributed by atoms with Crippen LogP contribution in [0.15, 0.2) is 0 Å². The lowest BCUT2D eigenvalue weighted by Gasteiger charge is -1.99. The van der Waals surface area contributed by atoms with Gasteiger partial charge >= 0.3 is 6.29 Å². The largest absolute Gasteiger partial charge is 0.515 e. The van der Waals surface area contributed by atoms with E-state index in [2.05, 4.69) is 4.74 Å². The third kappa shape index (κ3) is 5.71. The molecule has 0 aromatic heterocycles. The van der Waals surface area contributed by atoms with Crippen molar-refractivity contribution in [3.8, 4) is 0 Å². The van der Waals surface area contributed by atoms with Crippen LogP contribution in [0, 0.1) is 0 Å². The van der Waals surface area contributed by atoms with E-state index in [-0.39, 0.29) is 0 Å². The predicted molar refractivity (Wildman–Crippen MR) is 12.7 cm³/mol. The lowest BCUT2D eigenvalue weighted by molar-refractivity contribution is -0.408. The van der Waals surface area contributed by atoms with Crippen molar-refractivity contribution >= 4 is 0 Å². The van der Waals surface area contributed by atoms with E-state index in [1.165, 1.54) is 0 Å². The highest BCUT2D eigenvalue weighted by Gasteiger charge is 2.28. The molecule has 0 amide bonds. The highest BCUT2D eigenvalue weighted by Crippen LogP contribution is 2.09. The Balaban J connectivity index is 3.15. The van der Waals surface area contributed by atoms with Gasteiger partial charge in [-0.25, -0.2) is 4.39 Å². The molecule has 2 nitrogen and oxygen atoms in total. The smallest absolute Gasteiger partial charge is 0.262 e. The normalized spacial score (nSPS) is 12.0. The molecule has 0 heterocycles. The lowest BCUT2D eigenvalue weighted by atomic mass is 11.2. The van der Waals surface area contributed by atoms with Crippen LogP contribution in [0.4, 0.5) is 13.2 Å². The third-order valence-electron chi connectivity index (χ3n) is 0.223. The Labute approximate surface area is 37.5 Å². The van der Waals surface area contributed by atoms with E-state index in [0.29, 0.717) is 0 Å². The fourth-order valence-electron chi connectivity index (χ4n) is 0.0635. The predicted octanol–water partition coefficient (Wildman–Crippen LogP) is 0.911. The van der Waals surface area contributed by atoms with E-state index >= 15 is 0 Å². The van der Waals surface area contributed by atoms with Crippen molar-refractivity contribution in [3.63, 3.8) is 0 Å². The van der Waals surface area contributed by atoms with Gasteiger partial charge in [0.25, 0.3) is 0 Å². The van der Waals surface area contributed by atoms with Gasteiger partial charge < -0.3 is 0 Å². The van der Waals surface area contributed by atoms with Crippen molar-refractivity contribution in [3.05, 3.63) is 0 Å². The summed E-state index contributed by atoms with van der Waals surface area (Å²) in [6.45, 7) is -1.75. The van der Waals surface area contributed by atoms with Gasteiger partial charge in [0.15, 0.2) is 6.86 Å². The Kier molecular flexibility index (Phi) is 2.04. The molecule has 5 heteroatoms. The van der Waals surface area contributed by atoms with Gasteiger partial charge in [-0.1, -0.05) is 0 Å². The molecule has 0 aromatic rings. The summed E-state index contributed by atoms with van der Waals surface area (Å²) in [5.41, 5.74) is 0. The Morgan fingerprint density at radius 1 is 1.57 bits per heavy atom. The highest BCUT2D eigenvalue weighted by atomic mass is 19.3. The van der Waals surface area contributed by atoms with E-state index in [1.807, 2.05) is 0 Å². The summed E-state index contributed by atoms with van der Waals surface area (Å²) in [4.78, 5) is 0. The van der Waals surface area contributed by atoms with Crippen molar-refractivity contribution < 1.29 is 23.0 Å². The molecule has 0 spiro atoms. The van der Waals surface area contributed by atoms with Gasteiger partial charge in [-0.2, -0.15) is 0 Å². The molecule has 0 aliphatic carbocycles. The fourth-order valence-corrected chi connectivity index (χ4v) is 0.0635. The van der Waals surface area contributed by atoms with Crippen molar-refractivity contribution in [2.75, 3.05) is 6.86 Å². The second-order valence-electron chi connectivity index (χ2n) is 0.717. The van der Waals surface area contributed by atoms with Gasteiger partial charge in [0, 0.05) is 0 Å². The lowest BCUT2D eigenvalue weighted by Crippen LogP contribution is -2.16. The van der Waals surface area contributed by atoms with Crippen LogP contribution in [0.5, 0.6) is 0 Å². The van der Waals surface area contributed by atoms with Gasteiger partial charge in [-0.3, -0.25) is 4.74 Å². The molecular formula is C2H2F3O2. The molecule has 0 saturated heterocycles. The maximum absolute atomic E-state index is 10.7. The summed E-state index contributed by atoms with van der Waals surface area (Å²) in [6, 6.07) is 0. The minimum atomic E-state index is -4.57. The van der Waals surface area contributed by atoms with Crippen molar-refractivity contribution in [1.82, 2.24) is 0 Å². The van der Waals surface area contributed by atoms with Crippen LogP contribution < -0.4 is 0 Å². The van der Waals surface area contributed by atoms with Gasteiger partial charge in [0.05, 0.1) is 0 Å². The minimum Gasteiger partial charge on any atom is -0.262 e. The second-order valence-corrected chi connectivity index (χ2v) is 0.717. The Bertz CT molecular complexity index is 49.4. The average molecular weight is 115 g/mol. The first-order chi connectivity index (χ1) is 3.06. The molecule has 0 aliphatic rings. The summed E-state index contributed by atoms with van der Waals surface area (Å²) in [5.74, 6) is 0. The van der Waals surface area contributed by atoms with Crippen LogP contribution in [0.1, 0.15) is 0 Å². The van der Waals surface area contributed by atoms with Crippen LogP contribution in [0.3, 0.4) is 0 Å². The second kappa shape index (κ2) is 2.13. The SMILES string of the molecule is [O]C(F)(F)OCF. The first kappa shape index (κ1) is 6.71. The third-order valence-corrected chi connectivity index (χ3v) is 0.223. The summed E-state index contributed by atoms with van der Waals surface area (Å²) in [6.07, 6.45) is -4.57. The van der Waals surface area contributed by atoms with Crippen molar-refractivity contribution in [2.45, 2.75) is 6.29 Å². The summed E-state index contributed by atoms with van der Waals surface area (Å²) < 4.78 is 34.7. The molecular weight excluding hydrogens is 113 g/mol. The molecule has 0 bridgehead atoms. The molecule has 7 heavy (non-hydrogen) atoms. The topological polar surface area (TPSA) is 29.1 Å². The molecule has 0 aromatic carbocycles. The maximum atomic E-state index is 10.7. The van der Waals surface area contributed by atoms with Gasteiger partial charge in [0.1, 0.15) is 0 Å². The van der Waals surface area contributed by atoms with Crippen LogP contribution >= 0.6 is 0 Å². The quantitative estimate of drug-likeness (QED) is 0.492. The Morgan fingerprint density at radius 2 is 2.00 bits per heavy atom. The zero-order valence-corrected chi connectivity index (χ0v) is 3.16. The maximum Gasteiger partial charge on any atom is 0.515 e. The monoisotopic (exact) mass is 115 g/mol. The summed E-state index contributed by atoms with van der Waals surface area (Å²) >= 11 is 0. The molecule has 0 aliphatic heterocycles. The number of ether oxygens (including phenoxy) is 1. The van der Waals surface area contributed by atoms with E-state index in [1.54, 1.807) is 0 Å². The molecule has 0 unspecified atom stereocenters. The van der Waals surface area contributed by atoms with Crippen molar-refractivity contribution in [1.29, 1.82) is 0 Å². The summed E-state index contributed by atoms with van der Waals surface area (Å²) in [5, 5.41) is 8.91. The average Bonchev–Trinajstić information content (AvgIpc) is 1.30. The highest BCUT2D eigenvalue weighted by molar-refractivity contribution is 4.15. The van der Waals surface area contributed by atoms with Crippen LogP contribution in [0.25, 0.3) is 0 Å². The van der Waals surface area contributed by atoms with Gasteiger partial charge in [0.2, 0.25) is 0 Å². The van der Waals surface area contributed by atoms with Crippen LogP contribution in [-0.4, -0.2) is 13.2 Å². The molecule has 0 rings (SSSR count). The fraction of sp³-hybridized carbons (Fsp3) is 1.00. The number of hydrogen-bond acceptors (Lipinski definition) is 1. The van der Waals surface area contributed by atoms with Gasteiger partial charge in [-0.05, 0) is 0 Å². The molecule has 1 radical (unpaired) electrons. The van der Waals surface area contributed by atoms with E-state index in [4.69, 9.17) is 5.11 Å². The molecule has 0 N–H and O–H groups in total. The zero-order valence-electron chi connectivity index (χ0n) is 3.16. The number of halogens is 3. The summed E-state index contributed by atoms with van der Waals surface area (Å²) in [7, 11) is 0. The Morgan fingerprint density at radius 3 is 2.00 bits per heavy atom.